The third kappa shape index (κ3) is 2.33. The van der Waals surface area contributed by atoms with Gasteiger partial charge in [0.2, 0.25) is 0 Å². The fraction of sp³-hybridized carbons (Fsp3) is 0.375. The van der Waals surface area contributed by atoms with Crippen molar-refractivity contribution in [2.75, 3.05) is 5.32 Å². The Morgan fingerprint density at radius 1 is 0.939 bits per heavy atom. The summed E-state index contributed by atoms with van der Waals surface area (Å²) in [5.74, 6) is 0.924. The first-order chi connectivity index (χ1) is 15.7. The van der Waals surface area contributed by atoms with Gasteiger partial charge in [-0.1, -0.05) is 75.4 Å². The van der Waals surface area contributed by atoms with E-state index in [-0.39, 0.29) is 16.4 Å². The van der Waals surface area contributed by atoms with Crippen LogP contribution in [0, 0.1) is 11.8 Å². The van der Waals surface area contributed by atoms with Crippen molar-refractivity contribution in [3.8, 4) is 0 Å². The maximum atomic E-state index is 3.92. The molecule has 1 heteroatoms. The van der Waals surface area contributed by atoms with Gasteiger partial charge in [0.25, 0.3) is 0 Å². The van der Waals surface area contributed by atoms with Crippen molar-refractivity contribution in [3.63, 3.8) is 0 Å². The Kier molecular flexibility index (Phi) is 3.57. The molecule has 1 N–H and O–H groups in total. The summed E-state index contributed by atoms with van der Waals surface area (Å²) in [5, 5.41) is 3.92. The summed E-state index contributed by atoms with van der Waals surface area (Å²) >= 11 is 0. The molecule has 0 radical (unpaired) electrons. The van der Waals surface area contributed by atoms with Crippen LogP contribution >= 0.6 is 0 Å². The molecule has 3 unspecified atom stereocenters. The minimum Gasteiger partial charge on any atom is -0.380 e. The van der Waals surface area contributed by atoms with Gasteiger partial charge in [-0.2, -0.15) is 0 Å². The zero-order valence-electron chi connectivity index (χ0n) is 20.4. The van der Waals surface area contributed by atoms with E-state index in [1.54, 1.807) is 5.57 Å². The van der Waals surface area contributed by atoms with Crippen molar-refractivity contribution < 1.29 is 0 Å². The predicted octanol–water partition coefficient (Wildman–Crippen LogP) is 7.79. The highest BCUT2D eigenvalue weighted by atomic mass is 15.0. The molecule has 4 aliphatic carbocycles. The van der Waals surface area contributed by atoms with E-state index >= 15 is 0 Å². The second-order valence-corrected chi connectivity index (χ2v) is 12.3. The maximum absolute atomic E-state index is 3.92. The topological polar surface area (TPSA) is 12.0 Å². The van der Waals surface area contributed by atoms with Crippen LogP contribution in [0.15, 0.2) is 72.4 Å². The Morgan fingerprint density at radius 2 is 1.73 bits per heavy atom. The average molecular weight is 432 g/mol. The van der Waals surface area contributed by atoms with Gasteiger partial charge in [0.15, 0.2) is 0 Å². The smallest absolute Gasteiger partial charge is 0.0538 e. The molecule has 3 atom stereocenters. The first-order valence-electron chi connectivity index (χ1n) is 12.6. The molecule has 0 amide bonds. The number of fused-ring (bicyclic) bond motifs is 6. The zero-order valence-corrected chi connectivity index (χ0v) is 20.4. The van der Waals surface area contributed by atoms with Crippen LogP contribution in [0.4, 0.5) is 5.69 Å². The van der Waals surface area contributed by atoms with Crippen molar-refractivity contribution in [2.45, 2.75) is 63.8 Å². The molecule has 33 heavy (non-hydrogen) atoms. The number of hydrogen-bond acceptors (Lipinski definition) is 1. The summed E-state index contributed by atoms with van der Waals surface area (Å²) < 4.78 is 0. The monoisotopic (exact) mass is 431 g/mol. The van der Waals surface area contributed by atoms with Crippen molar-refractivity contribution in [3.05, 3.63) is 100 Å². The SMILES string of the molecule is CC(C)(C)c1ccc2c(c1)C13C4=CC(CC=C42)C(C)(C)Nc2ccc(c1c2)C1=CC=CCC13. The molecule has 5 aliphatic rings. The normalized spacial score (nSPS) is 29.5. The van der Waals surface area contributed by atoms with Crippen molar-refractivity contribution in [1.29, 1.82) is 0 Å². The van der Waals surface area contributed by atoms with Crippen LogP contribution in [0.3, 0.4) is 0 Å². The molecule has 2 aromatic rings. The third-order valence-corrected chi connectivity index (χ3v) is 9.09. The Labute approximate surface area is 198 Å². The summed E-state index contributed by atoms with van der Waals surface area (Å²) in [7, 11) is 0. The van der Waals surface area contributed by atoms with Crippen LogP contribution in [0.1, 0.15) is 75.3 Å². The van der Waals surface area contributed by atoms with E-state index < -0.39 is 0 Å². The van der Waals surface area contributed by atoms with Crippen LogP contribution in [0.2, 0.25) is 0 Å². The summed E-state index contributed by atoms with van der Waals surface area (Å²) in [6, 6.07) is 14.6. The number of benzene rings is 2. The van der Waals surface area contributed by atoms with Crippen LogP contribution < -0.4 is 5.32 Å². The number of rotatable bonds is 0. The minimum absolute atomic E-state index is 0.000421. The van der Waals surface area contributed by atoms with Crippen LogP contribution in [0.5, 0.6) is 0 Å². The lowest BCUT2D eigenvalue weighted by molar-refractivity contribution is 0.410. The standard InChI is InChI=1S/C32H33N/c1-30(2,3)19-10-13-23-24-14-11-20-17-28(24)32(27(23)16-19)26-9-7-6-8-22(26)25-15-12-21(18-29(25)32)33-31(20,4)5/h6-8,10,12-18,20,26,33H,9,11H2,1-5H3. The molecule has 0 aromatic heterocycles. The first kappa shape index (κ1) is 19.6. The molecule has 2 aromatic carbocycles. The molecule has 1 nitrogen and oxygen atoms in total. The van der Waals surface area contributed by atoms with Gasteiger partial charge in [-0.25, -0.2) is 0 Å². The number of allylic oxidation sites excluding steroid dienone is 7. The lowest BCUT2D eigenvalue weighted by Crippen LogP contribution is -2.40. The minimum atomic E-state index is -0.0921. The Morgan fingerprint density at radius 3 is 2.55 bits per heavy atom. The summed E-state index contributed by atoms with van der Waals surface area (Å²) in [6.07, 6.45) is 14.5. The van der Waals surface area contributed by atoms with Crippen molar-refractivity contribution in [1.82, 2.24) is 0 Å². The highest BCUT2D eigenvalue weighted by molar-refractivity contribution is 5.99. The van der Waals surface area contributed by atoms with Gasteiger partial charge in [-0.05, 0) is 88.8 Å². The zero-order chi connectivity index (χ0) is 22.8. The van der Waals surface area contributed by atoms with Crippen LogP contribution in [-0.2, 0) is 10.8 Å². The Bertz CT molecular complexity index is 1350. The van der Waals surface area contributed by atoms with Crippen LogP contribution in [-0.4, -0.2) is 5.54 Å². The fourth-order valence-corrected chi connectivity index (χ4v) is 7.37. The van der Waals surface area contributed by atoms with Gasteiger partial charge < -0.3 is 5.32 Å². The Hall–Kier alpha value is -2.80. The van der Waals surface area contributed by atoms with Crippen molar-refractivity contribution >= 4 is 16.8 Å². The lowest BCUT2D eigenvalue weighted by atomic mass is 9.63. The Balaban J connectivity index is 1.65. The summed E-state index contributed by atoms with van der Waals surface area (Å²) in [4.78, 5) is 0. The second-order valence-electron chi connectivity index (χ2n) is 12.3. The van der Waals surface area contributed by atoms with E-state index in [0.717, 1.165) is 12.8 Å². The second kappa shape index (κ2) is 6.00. The third-order valence-electron chi connectivity index (χ3n) is 9.09. The molecule has 4 bridgehead atoms. The summed E-state index contributed by atoms with van der Waals surface area (Å²) in [5.41, 5.74) is 13.3. The number of hydrogen-bond donors (Lipinski definition) is 1. The predicted molar refractivity (Wildman–Crippen MR) is 139 cm³/mol. The lowest BCUT2D eigenvalue weighted by Gasteiger charge is -2.39. The molecule has 1 heterocycles. The summed E-state index contributed by atoms with van der Waals surface area (Å²) in [6.45, 7) is 11.8. The van der Waals surface area contributed by atoms with Crippen LogP contribution in [0.25, 0.3) is 11.1 Å². The van der Waals surface area contributed by atoms with Gasteiger partial charge in [-0.3, -0.25) is 0 Å². The number of nitrogens with one attached hydrogen (secondary N) is 1. The average Bonchev–Trinajstić information content (AvgIpc) is 3.24. The molecule has 1 aliphatic heterocycles. The molecule has 1 spiro atoms. The fourth-order valence-electron chi connectivity index (χ4n) is 7.37. The van der Waals surface area contributed by atoms with Gasteiger partial charge in [-0.15, -0.1) is 0 Å². The maximum Gasteiger partial charge on any atom is 0.0538 e. The largest absolute Gasteiger partial charge is 0.380 e. The first-order valence-corrected chi connectivity index (χ1v) is 12.6. The quantitative estimate of drug-likeness (QED) is 0.449. The highest BCUT2D eigenvalue weighted by Gasteiger charge is 2.59. The highest BCUT2D eigenvalue weighted by Crippen LogP contribution is 2.68. The van der Waals surface area contributed by atoms with E-state index in [9.17, 15) is 0 Å². The molecule has 0 saturated heterocycles. The molecular formula is C32H33N. The van der Waals surface area contributed by atoms with E-state index in [0.29, 0.717) is 11.8 Å². The van der Waals surface area contributed by atoms with E-state index in [1.807, 2.05) is 0 Å². The molecule has 7 rings (SSSR count). The van der Waals surface area contributed by atoms with E-state index in [4.69, 9.17) is 0 Å². The van der Waals surface area contributed by atoms with Gasteiger partial charge >= 0.3 is 0 Å². The van der Waals surface area contributed by atoms with E-state index in [2.05, 4.69) is 107 Å². The van der Waals surface area contributed by atoms with Crippen molar-refractivity contribution in [2.24, 2.45) is 11.8 Å². The van der Waals surface area contributed by atoms with Gasteiger partial charge in [0.05, 0.1) is 5.41 Å². The molecular weight excluding hydrogens is 398 g/mol. The van der Waals surface area contributed by atoms with Gasteiger partial charge in [0, 0.05) is 23.1 Å². The van der Waals surface area contributed by atoms with Gasteiger partial charge in [0.1, 0.15) is 0 Å². The molecule has 0 fully saturated rings. The van der Waals surface area contributed by atoms with E-state index in [1.165, 1.54) is 44.7 Å². The molecule has 166 valence electrons. The molecule has 0 saturated carbocycles. The number of anilines is 1.